The molecule has 0 spiro atoms. The summed E-state index contributed by atoms with van der Waals surface area (Å²) in [6.07, 6.45) is 0. The van der Waals surface area contributed by atoms with Crippen LogP contribution in [0.15, 0.2) is 0 Å². The molecule has 0 rings (SSSR count). The Balaban J connectivity index is 3.02. The van der Waals surface area contributed by atoms with E-state index in [1.165, 1.54) is 18.1 Å². The summed E-state index contributed by atoms with van der Waals surface area (Å²) in [7, 11) is 4.17. The summed E-state index contributed by atoms with van der Waals surface area (Å²) in [5, 5.41) is 3.14. The Labute approximate surface area is 74.7 Å². The van der Waals surface area contributed by atoms with Crippen LogP contribution >= 0.6 is 11.8 Å². The van der Waals surface area contributed by atoms with Crippen LogP contribution in [0.4, 0.5) is 0 Å². The Bertz CT molecular complexity index is 78.5. The van der Waals surface area contributed by atoms with E-state index in [0.717, 1.165) is 13.1 Å². The molecule has 0 aliphatic carbocycles. The fourth-order valence-corrected chi connectivity index (χ4v) is 1.51. The van der Waals surface area contributed by atoms with Gasteiger partial charge in [0.2, 0.25) is 0 Å². The minimum absolute atomic E-state index is 1.09. The molecular weight excluding hydrogens is 156 g/mol. The van der Waals surface area contributed by atoms with Gasteiger partial charge in [0.25, 0.3) is 0 Å². The first-order valence-electron chi connectivity index (χ1n) is 4.22. The largest absolute Gasteiger partial charge is 0.318 e. The molecule has 2 nitrogen and oxygen atoms in total. The lowest BCUT2D eigenvalue weighted by Crippen LogP contribution is -2.29. The van der Waals surface area contributed by atoms with E-state index in [9.17, 15) is 0 Å². The van der Waals surface area contributed by atoms with Crippen LogP contribution in [-0.2, 0) is 0 Å². The molecule has 0 saturated carbocycles. The summed E-state index contributed by atoms with van der Waals surface area (Å²) in [5.41, 5.74) is 0. The molecule has 0 radical (unpaired) electrons. The second-order valence-electron chi connectivity index (χ2n) is 2.60. The van der Waals surface area contributed by atoms with E-state index in [0.29, 0.717) is 0 Å². The van der Waals surface area contributed by atoms with Crippen molar-refractivity contribution in [2.24, 2.45) is 0 Å². The van der Waals surface area contributed by atoms with Gasteiger partial charge in [0.05, 0.1) is 0 Å². The highest BCUT2D eigenvalue weighted by Gasteiger charge is 1.95. The number of nitrogens with one attached hydrogen (secondary N) is 1. The van der Waals surface area contributed by atoms with Crippen LogP contribution in [-0.4, -0.2) is 50.1 Å². The van der Waals surface area contributed by atoms with Gasteiger partial charge < -0.3 is 10.2 Å². The van der Waals surface area contributed by atoms with Crippen LogP contribution in [0.2, 0.25) is 0 Å². The number of hydrogen-bond acceptors (Lipinski definition) is 3. The zero-order chi connectivity index (χ0) is 8.53. The van der Waals surface area contributed by atoms with Crippen molar-refractivity contribution >= 4 is 11.8 Å². The lowest BCUT2D eigenvalue weighted by atomic mass is 10.5. The number of rotatable bonds is 7. The van der Waals surface area contributed by atoms with Crippen LogP contribution in [0.5, 0.6) is 0 Å². The molecule has 3 heteroatoms. The fraction of sp³-hybridized carbons (Fsp3) is 1.00. The summed E-state index contributed by atoms with van der Waals surface area (Å²) in [6.45, 7) is 5.66. The Hall–Kier alpha value is 0.270. The van der Waals surface area contributed by atoms with Gasteiger partial charge in [-0.15, -0.1) is 0 Å². The molecule has 0 aromatic carbocycles. The first kappa shape index (κ1) is 11.3. The lowest BCUT2D eigenvalue weighted by molar-refractivity contribution is 0.356. The summed E-state index contributed by atoms with van der Waals surface area (Å²) >= 11 is 2.01. The van der Waals surface area contributed by atoms with E-state index in [1.807, 2.05) is 18.8 Å². The Kier molecular flexibility index (Phi) is 8.57. The zero-order valence-corrected chi connectivity index (χ0v) is 8.71. The zero-order valence-electron chi connectivity index (χ0n) is 7.89. The molecule has 1 N–H and O–H groups in total. The van der Waals surface area contributed by atoms with Crippen molar-refractivity contribution in [2.75, 3.05) is 45.2 Å². The molecule has 68 valence electrons. The van der Waals surface area contributed by atoms with E-state index in [1.54, 1.807) is 0 Å². The predicted octanol–water partition coefficient (Wildman–Crippen LogP) is 0.891. The number of hydrogen-bond donors (Lipinski definition) is 1. The highest BCUT2D eigenvalue weighted by atomic mass is 32.2. The molecule has 0 fully saturated rings. The molecule has 0 atom stereocenters. The van der Waals surface area contributed by atoms with E-state index in [-0.39, 0.29) is 0 Å². The third kappa shape index (κ3) is 8.17. The van der Waals surface area contributed by atoms with Crippen molar-refractivity contribution in [3.05, 3.63) is 0 Å². The van der Waals surface area contributed by atoms with Crippen LogP contribution in [0.1, 0.15) is 6.92 Å². The molecule has 0 aromatic rings. The maximum atomic E-state index is 3.14. The standard InChI is InChI=1S/C8H20N2S/c1-4-11-8-7-10(3)6-5-9-2/h9H,4-8H2,1-3H3. The van der Waals surface area contributed by atoms with Gasteiger partial charge in [-0.3, -0.25) is 0 Å². The number of likely N-dealkylation sites (N-methyl/N-ethyl adjacent to an activating group) is 2. The van der Waals surface area contributed by atoms with Crippen LogP contribution in [0.25, 0.3) is 0 Å². The maximum absolute atomic E-state index is 3.14. The predicted molar refractivity (Wildman–Crippen MR) is 54.4 cm³/mol. The summed E-state index contributed by atoms with van der Waals surface area (Å²) < 4.78 is 0. The van der Waals surface area contributed by atoms with Gasteiger partial charge >= 0.3 is 0 Å². The Morgan fingerprint density at radius 2 is 2.09 bits per heavy atom. The number of thioether (sulfide) groups is 1. The molecule has 0 amide bonds. The third-order valence-corrected chi connectivity index (χ3v) is 2.44. The highest BCUT2D eigenvalue weighted by Crippen LogP contribution is 1.97. The van der Waals surface area contributed by atoms with Crippen molar-refractivity contribution in [3.8, 4) is 0 Å². The topological polar surface area (TPSA) is 15.3 Å². The van der Waals surface area contributed by atoms with Crippen molar-refractivity contribution in [2.45, 2.75) is 6.92 Å². The van der Waals surface area contributed by atoms with Gasteiger partial charge in [-0.05, 0) is 19.8 Å². The van der Waals surface area contributed by atoms with Crippen molar-refractivity contribution < 1.29 is 0 Å². The Morgan fingerprint density at radius 1 is 1.36 bits per heavy atom. The Morgan fingerprint density at radius 3 is 2.64 bits per heavy atom. The van der Waals surface area contributed by atoms with Crippen LogP contribution in [0.3, 0.4) is 0 Å². The molecule has 0 aromatic heterocycles. The smallest absolute Gasteiger partial charge is 0.0104 e. The minimum Gasteiger partial charge on any atom is -0.318 e. The van der Waals surface area contributed by atoms with Crippen molar-refractivity contribution in [3.63, 3.8) is 0 Å². The summed E-state index contributed by atoms with van der Waals surface area (Å²) in [4.78, 5) is 2.36. The van der Waals surface area contributed by atoms with E-state index in [4.69, 9.17) is 0 Å². The average molecular weight is 176 g/mol. The van der Waals surface area contributed by atoms with E-state index >= 15 is 0 Å². The monoisotopic (exact) mass is 176 g/mol. The second-order valence-corrected chi connectivity index (χ2v) is 4.00. The van der Waals surface area contributed by atoms with Gasteiger partial charge in [0.1, 0.15) is 0 Å². The molecule has 0 aliphatic rings. The summed E-state index contributed by atoms with van der Waals surface area (Å²) in [5.74, 6) is 2.50. The molecule has 0 bridgehead atoms. The molecule has 0 unspecified atom stereocenters. The van der Waals surface area contributed by atoms with Gasteiger partial charge in [0, 0.05) is 25.4 Å². The molecule has 0 aliphatic heterocycles. The van der Waals surface area contributed by atoms with Gasteiger partial charge in [-0.1, -0.05) is 6.92 Å². The van der Waals surface area contributed by atoms with Gasteiger partial charge in [-0.2, -0.15) is 11.8 Å². The van der Waals surface area contributed by atoms with E-state index in [2.05, 4.69) is 24.2 Å². The quantitative estimate of drug-likeness (QED) is 0.580. The maximum Gasteiger partial charge on any atom is 0.0104 e. The number of nitrogens with zero attached hydrogens (tertiary/aromatic N) is 1. The minimum atomic E-state index is 1.09. The normalized spacial score (nSPS) is 10.9. The fourth-order valence-electron chi connectivity index (χ4n) is 0.779. The van der Waals surface area contributed by atoms with Crippen molar-refractivity contribution in [1.29, 1.82) is 0 Å². The second kappa shape index (κ2) is 8.37. The lowest BCUT2D eigenvalue weighted by Gasteiger charge is -2.15. The first-order chi connectivity index (χ1) is 5.31. The third-order valence-electron chi connectivity index (χ3n) is 1.56. The van der Waals surface area contributed by atoms with Crippen LogP contribution in [0, 0.1) is 0 Å². The highest BCUT2D eigenvalue weighted by molar-refractivity contribution is 7.99. The van der Waals surface area contributed by atoms with Crippen molar-refractivity contribution in [1.82, 2.24) is 10.2 Å². The summed E-state index contributed by atoms with van der Waals surface area (Å²) in [6, 6.07) is 0. The SMILES string of the molecule is CCSCCN(C)CCNC. The van der Waals surface area contributed by atoms with Crippen LogP contribution < -0.4 is 5.32 Å². The first-order valence-corrected chi connectivity index (χ1v) is 5.37. The molecule has 0 saturated heterocycles. The molecular formula is C8H20N2S. The molecule has 11 heavy (non-hydrogen) atoms. The van der Waals surface area contributed by atoms with E-state index < -0.39 is 0 Å². The average Bonchev–Trinajstić information content (AvgIpc) is 2.01. The van der Waals surface area contributed by atoms with Gasteiger partial charge in [0.15, 0.2) is 0 Å². The van der Waals surface area contributed by atoms with Gasteiger partial charge in [-0.25, -0.2) is 0 Å². The molecule has 0 heterocycles.